The summed E-state index contributed by atoms with van der Waals surface area (Å²) in [5.74, 6) is -1.08. The molecule has 0 fully saturated rings. The van der Waals surface area contributed by atoms with Crippen molar-refractivity contribution in [1.29, 1.82) is 0 Å². The first kappa shape index (κ1) is 10.4. The van der Waals surface area contributed by atoms with E-state index >= 15 is 0 Å². The molecule has 2 nitrogen and oxygen atoms in total. The third kappa shape index (κ3) is 802. The molecule has 3 heteroatoms. The first-order valence-electron chi connectivity index (χ1n) is 1.97. The molecule has 0 saturated carbocycles. The Hall–Kier alpha value is 0.392. The van der Waals surface area contributed by atoms with Gasteiger partial charge < -0.3 is 9.90 Å². The maximum absolute atomic E-state index is 8.89. The molecule has 0 aliphatic rings. The van der Waals surface area contributed by atoms with E-state index in [4.69, 9.17) is 9.90 Å². The Morgan fingerprint density at radius 2 is 1.86 bits per heavy atom. The van der Waals surface area contributed by atoms with E-state index < -0.39 is 5.97 Å². The van der Waals surface area contributed by atoms with Crippen LogP contribution in [0.25, 0.3) is 0 Å². The Bertz CT molecular complexity index is 41.0. The summed E-state index contributed by atoms with van der Waals surface area (Å²) in [7, 11) is 0. The van der Waals surface area contributed by atoms with Crippen LogP contribution in [0.15, 0.2) is 0 Å². The fourth-order valence-corrected chi connectivity index (χ4v) is 0. The Morgan fingerprint density at radius 3 is 1.86 bits per heavy atom. The average Bonchev–Trinajstić information content (AvgIpc) is 1.33. The summed E-state index contributed by atoms with van der Waals surface area (Å²) in [6.07, 6.45) is 0. The van der Waals surface area contributed by atoms with Gasteiger partial charge in [-0.2, -0.15) is 0 Å². The van der Waals surface area contributed by atoms with Crippen LogP contribution in [0.5, 0.6) is 0 Å². The minimum absolute atomic E-state index is 0.972. The minimum atomic E-state index is -1.08. The third-order valence-electron chi connectivity index (χ3n) is 0. The number of carboxylic acids is 1. The third-order valence-corrected chi connectivity index (χ3v) is 0. The molecule has 0 amide bonds. The fourth-order valence-electron chi connectivity index (χ4n) is 0. The molecule has 0 aromatic heterocycles. The van der Waals surface area contributed by atoms with Crippen molar-refractivity contribution in [2.75, 3.05) is 0 Å². The molecular formula is C4H8O2Pb. The van der Waals surface area contributed by atoms with E-state index in [0.717, 1.165) is 6.92 Å². The van der Waals surface area contributed by atoms with Crippen LogP contribution in [-0.2, 0) is 4.79 Å². The van der Waals surface area contributed by atoms with Gasteiger partial charge in [0.15, 0.2) is 0 Å². The van der Waals surface area contributed by atoms with Gasteiger partial charge in [-0.05, 0) is 6.92 Å². The van der Waals surface area contributed by atoms with Crippen LogP contribution >= 0.6 is 0 Å². The number of carbonyl (C=O) groups is 1. The number of aliphatic carboxylic acids is 1. The quantitative estimate of drug-likeness (QED) is 0.557. The molecule has 0 aliphatic carbocycles. The van der Waals surface area contributed by atoms with Crippen LogP contribution in [0.1, 0.15) is 13.8 Å². The molecule has 40 valence electrons. The maximum atomic E-state index is 8.89. The number of hydrogen-bond donors (Lipinski definition) is 0. The van der Waals surface area contributed by atoms with Crippen LogP contribution < -0.4 is 5.11 Å². The van der Waals surface area contributed by atoms with Crippen molar-refractivity contribution < 1.29 is 9.90 Å². The van der Waals surface area contributed by atoms with E-state index in [1.807, 2.05) is 0 Å². The molecule has 0 heterocycles. The molecule has 0 aromatic rings. The molecule has 0 aromatic carbocycles. The van der Waals surface area contributed by atoms with Gasteiger partial charge in [-0.3, -0.25) is 0 Å². The van der Waals surface area contributed by atoms with Crippen molar-refractivity contribution >= 4 is 31.7 Å². The van der Waals surface area contributed by atoms with E-state index in [1.54, 1.807) is 0 Å². The van der Waals surface area contributed by atoms with Crippen molar-refractivity contribution in [2.24, 2.45) is 0 Å². The van der Waals surface area contributed by atoms with Gasteiger partial charge in [0.25, 0.3) is 0 Å². The zero-order valence-electron chi connectivity index (χ0n) is 4.52. The molecule has 0 rings (SSSR count). The summed E-state index contributed by atoms with van der Waals surface area (Å²) in [4.78, 5) is 8.89. The van der Waals surface area contributed by atoms with E-state index in [0.29, 0.717) is 0 Å². The first-order chi connectivity index (χ1) is 3.15. The number of hydrogen-bond acceptors (Lipinski definition) is 2. The second-order valence-electron chi connectivity index (χ2n) is 0.845. The topological polar surface area (TPSA) is 40.1 Å². The van der Waals surface area contributed by atoms with E-state index in [9.17, 15) is 0 Å². The summed E-state index contributed by atoms with van der Waals surface area (Å²) in [6.45, 7) is 3.16. The van der Waals surface area contributed by atoms with E-state index in [1.165, 1.54) is 29.7 Å². The van der Waals surface area contributed by atoms with E-state index in [-0.39, 0.29) is 0 Å². The number of carbonyl (C=O) groups excluding carboxylic acids is 1. The summed E-state index contributed by atoms with van der Waals surface area (Å²) in [5, 5.41) is 8.89. The molecule has 2 radical (unpaired) electrons. The second kappa shape index (κ2) is 9.63. The van der Waals surface area contributed by atoms with Gasteiger partial charge >= 0.3 is 36.7 Å². The van der Waals surface area contributed by atoms with Crippen LogP contribution in [0, 0.1) is 0 Å². The Labute approximate surface area is 59.6 Å². The summed E-state index contributed by atoms with van der Waals surface area (Å²) in [6, 6.07) is 0. The van der Waals surface area contributed by atoms with Crippen molar-refractivity contribution in [3.05, 3.63) is 0 Å². The molecule has 0 saturated heterocycles. The molecule has 0 unspecified atom stereocenters. The zero-order valence-corrected chi connectivity index (χ0v) is 8.41. The molecule has 0 bridgehead atoms. The van der Waals surface area contributed by atoms with Gasteiger partial charge in [-0.1, -0.05) is 0 Å². The molecule has 0 aliphatic heterocycles. The number of rotatable bonds is 0. The first-order valence-corrected chi connectivity index (χ1v) is 4.72. The normalized spacial score (nSPS) is 6.00. The summed E-state index contributed by atoms with van der Waals surface area (Å²) >= 11 is 1.37. The van der Waals surface area contributed by atoms with Crippen molar-refractivity contribution in [1.82, 2.24) is 0 Å². The summed E-state index contributed by atoms with van der Waals surface area (Å²) in [5.41, 5.74) is 0. The SMILES string of the molecule is CC(=O)[O-].C[CH2][Pb+]. The van der Waals surface area contributed by atoms with Crippen molar-refractivity contribution in [2.45, 2.75) is 17.8 Å². The zero-order chi connectivity index (χ0) is 6.28. The summed E-state index contributed by atoms with van der Waals surface area (Å²) < 4.78 is 1.39. The molecule has 0 spiro atoms. The van der Waals surface area contributed by atoms with Gasteiger partial charge in [-0.15, -0.1) is 0 Å². The standard InChI is InChI=1S/C2H4O2.C2H5.Pb/c1-2(3)4;1-2;/h1H3,(H,3,4);1H2,2H3;/q;;+1/p-1. The second-order valence-corrected chi connectivity index (χ2v) is 3.59. The van der Waals surface area contributed by atoms with Crippen molar-refractivity contribution in [3.8, 4) is 0 Å². The van der Waals surface area contributed by atoms with Crippen molar-refractivity contribution in [3.63, 3.8) is 0 Å². The number of carboxylic acid groups (broad SMARTS) is 1. The van der Waals surface area contributed by atoms with Crippen LogP contribution in [0.2, 0.25) is 3.98 Å². The fraction of sp³-hybridized carbons (Fsp3) is 0.750. The average molecular weight is 295 g/mol. The van der Waals surface area contributed by atoms with Crippen LogP contribution in [0.3, 0.4) is 0 Å². The monoisotopic (exact) mass is 296 g/mol. The van der Waals surface area contributed by atoms with Gasteiger partial charge in [0.1, 0.15) is 0 Å². The van der Waals surface area contributed by atoms with Crippen LogP contribution in [0.4, 0.5) is 0 Å². The molecule has 0 N–H and O–H groups in total. The Morgan fingerprint density at radius 1 is 1.86 bits per heavy atom. The van der Waals surface area contributed by atoms with Gasteiger partial charge in [0.05, 0.1) is 0 Å². The Balaban J connectivity index is 0. The predicted octanol–water partition coefficient (Wildman–Crippen LogP) is -0.651. The van der Waals surface area contributed by atoms with Gasteiger partial charge in [0, 0.05) is 5.97 Å². The van der Waals surface area contributed by atoms with Crippen LogP contribution in [-0.4, -0.2) is 31.7 Å². The van der Waals surface area contributed by atoms with Gasteiger partial charge in [0.2, 0.25) is 0 Å². The molecule has 0 atom stereocenters. The molecular weight excluding hydrogens is 287 g/mol. The molecule has 7 heavy (non-hydrogen) atoms. The predicted molar refractivity (Wildman–Crippen MR) is 26.9 cm³/mol. The van der Waals surface area contributed by atoms with Gasteiger partial charge in [-0.25, -0.2) is 0 Å². The van der Waals surface area contributed by atoms with E-state index in [2.05, 4.69) is 6.92 Å². The Kier molecular flexibility index (Phi) is 14.3.